The quantitative estimate of drug-likeness (QED) is 0.864. The average molecular weight is 338 g/mol. The molecule has 0 saturated carbocycles. The van der Waals surface area contributed by atoms with Gasteiger partial charge < -0.3 is 5.73 Å². The molecular weight excluding hydrogens is 318 g/mol. The minimum absolute atomic E-state index is 0.0969. The molecule has 1 aromatic heterocycles. The smallest absolute Gasteiger partial charge is 0.280 e. The Balaban J connectivity index is 2.09. The minimum Gasteiger partial charge on any atom is -0.329 e. The van der Waals surface area contributed by atoms with Crippen LogP contribution >= 0.6 is 22.9 Å². The predicted octanol–water partition coefficient (Wildman–Crippen LogP) is 2.11. The van der Waals surface area contributed by atoms with Crippen molar-refractivity contribution in [1.82, 2.24) is 9.03 Å². The summed E-state index contributed by atoms with van der Waals surface area (Å²) in [6.45, 7) is 2.72. The Morgan fingerprint density at radius 3 is 2.90 bits per heavy atom. The number of nitrogens with one attached hydrogen (secondary N) is 1. The molecule has 1 aliphatic rings. The summed E-state index contributed by atoms with van der Waals surface area (Å²) in [6, 6.07) is 3.23. The van der Waals surface area contributed by atoms with E-state index in [9.17, 15) is 8.42 Å². The molecule has 0 radical (unpaired) electrons. The van der Waals surface area contributed by atoms with Crippen LogP contribution in [0.5, 0.6) is 0 Å². The number of piperidine rings is 1. The predicted molar refractivity (Wildman–Crippen MR) is 83.2 cm³/mol. The maximum Gasteiger partial charge on any atom is 0.280 e. The summed E-state index contributed by atoms with van der Waals surface area (Å²) in [4.78, 5) is 0.903. The monoisotopic (exact) mass is 337 g/mol. The summed E-state index contributed by atoms with van der Waals surface area (Å²) in [7, 11) is -3.52. The zero-order chi connectivity index (χ0) is 14.8. The highest BCUT2D eigenvalue weighted by molar-refractivity contribution is 7.87. The topological polar surface area (TPSA) is 75.4 Å². The first-order valence-corrected chi connectivity index (χ1v) is 9.32. The van der Waals surface area contributed by atoms with Crippen molar-refractivity contribution in [2.45, 2.75) is 38.3 Å². The molecule has 2 heterocycles. The Bertz CT molecular complexity index is 547. The third-order valence-corrected chi connectivity index (χ3v) is 6.66. The maximum atomic E-state index is 12.5. The molecule has 0 aromatic carbocycles. The first-order valence-electron chi connectivity index (χ1n) is 6.68. The molecule has 1 fully saturated rings. The molecule has 0 amide bonds. The van der Waals surface area contributed by atoms with Crippen molar-refractivity contribution in [3.8, 4) is 0 Å². The number of thiophene rings is 1. The second-order valence-electron chi connectivity index (χ2n) is 4.98. The Morgan fingerprint density at radius 1 is 1.55 bits per heavy atom. The average Bonchev–Trinajstić information content (AvgIpc) is 2.85. The lowest BCUT2D eigenvalue weighted by molar-refractivity contribution is 0.253. The van der Waals surface area contributed by atoms with Gasteiger partial charge in [0.25, 0.3) is 10.2 Å². The largest absolute Gasteiger partial charge is 0.329 e. The van der Waals surface area contributed by atoms with Gasteiger partial charge in [-0.05, 0) is 31.9 Å². The van der Waals surface area contributed by atoms with Crippen molar-refractivity contribution in [3.05, 3.63) is 21.3 Å². The third-order valence-electron chi connectivity index (χ3n) is 3.50. The number of nitrogens with zero attached hydrogens (tertiary/aromatic N) is 1. The third kappa shape index (κ3) is 3.72. The number of hydrogen-bond acceptors (Lipinski definition) is 4. The number of rotatable bonds is 5. The first kappa shape index (κ1) is 16.2. The first-order chi connectivity index (χ1) is 9.44. The summed E-state index contributed by atoms with van der Waals surface area (Å²) < 4.78 is 29.8. The van der Waals surface area contributed by atoms with Crippen LogP contribution in [0.3, 0.4) is 0 Å². The van der Waals surface area contributed by atoms with E-state index in [-0.39, 0.29) is 12.1 Å². The maximum absolute atomic E-state index is 12.5. The molecule has 0 spiro atoms. The van der Waals surface area contributed by atoms with Gasteiger partial charge in [-0.25, -0.2) is 0 Å². The van der Waals surface area contributed by atoms with Crippen molar-refractivity contribution in [3.63, 3.8) is 0 Å². The molecule has 1 aliphatic heterocycles. The second kappa shape index (κ2) is 6.72. The summed E-state index contributed by atoms with van der Waals surface area (Å²) in [5, 5.41) is 0. The summed E-state index contributed by atoms with van der Waals surface area (Å²) in [5.74, 6) is 0. The molecule has 2 unspecified atom stereocenters. The van der Waals surface area contributed by atoms with Crippen LogP contribution in [-0.2, 0) is 10.2 Å². The van der Waals surface area contributed by atoms with Crippen LogP contribution in [0.2, 0.25) is 4.34 Å². The van der Waals surface area contributed by atoms with Gasteiger partial charge in [0.15, 0.2) is 0 Å². The van der Waals surface area contributed by atoms with Gasteiger partial charge in [-0.1, -0.05) is 18.0 Å². The van der Waals surface area contributed by atoms with Gasteiger partial charge in [0, 0.05) is 24.0 Å². The molecule has 0 aliphatic carbocycles. The molecule has 1 saturated heterocycles. The highest BCUT2D eigenvalue weighted by Crippen LogP contribution is 2.28. The van der Waals surface area contributed by atoms with E-state index in [1.807, 2.05) is 13.0 Å². The fourth-order valence-electron chi connectivity index (χ4n) is 2.44. The lowest BCUT2D eigenvalue weighted by Crippen LogP contribution is -2.51. The number of halogens is 1. The molecule has 0 bridgehead atoms. The molecule has 20 heavy (non-hydrogen) atoms. The highest BCUT2D eigenvalue weighted by atomic mass is 35.5. The van der Waals surface area contributed by atoms with Gasteiger partial charge in [-0.3, -0.25) is 0 Å². The van der Waals surface area contributed by atoms with Crippen LogP contribution < -0.4 is 10.5 Å². The molecular formula is C12H20ClN3O2S2. The minimum atomic E-state index is -3.52. The molecule has 2 atom stereocenters. The van der Waals surface area contributed by atoms with Crippen LogP contribution in [0, 0.1) is 0 Å². The van der Waals surface area contributed by atoms with Crippen LogP contribution in [0.1, 0.15) is 37.1 Å². The standard InChI is InChI=1S/C12H20ClN3O2S2/c1-9(11-5-6-12(13)19-11)15-20(17,18)16-7-3-2-4-10(16)8-14/h5-6,9-10,15H,2-4,7-8,14H2,1H3. The van der Waals surface area contributed by atoms with Crippen molar-refractivity contribution in [2.24, 2.45) is 5.73 Å². The molecule has 8 heteroatoms. The zero-order valence-corrected chi connectivity index (χ0v) is 13.8. The summed E-state index contributed by atoms with van der Waals surface area (Å²) >= 11 is 7.27. The Morgan fingerprint density at radius 2 is 2.30 bits per heavy atom. The van der Waals surface area contributed by atoms with E-state index < -0.39 is 10.2 Å². The van der Waals surface area contributed by atoms with Gasteiger partial charge in [-0.15, -0.1) is 11.3 Å². The second-order valence-corrected chi connectivity index (χ2v) is 8.38. The Kier molecular flexibility index (Phi) is 5.44. The lowest BCUT2D eigenvalue weighted by atomic mass is 10.1. The van der Waals surface area contributed by atoms with Crippen molar-refractivity contribution >= 4 is 33.1 Å². The van der Waals surface area contributed by atoms with E-state index in [1.165, 1.54) is 15.6 Å². The Hall–Kier alpha value is -0.180. The van der Waals surface area contributed by atoms with Gasteiger partial charge in [-0.2, -0.15) is 17.4 Å². The highest BCUT2D eigenvalue weighted by Gasteiger charge is 2.32. The molecule has 114 valence electrons. The van der Waals surface area contributed by atoms with Crippen LogP contribution in [0.4, 0.5) is 0 Å². The lowest BCUT2D eigenvalue weighted by Gasteiger charge is -2.34. The van der Waals surface area contributed by atoms with E-state index >= 15 is 0 Å². The molecule has 3 N–H and O–H groups in total. The normalized spacial score (nSPS) is 22.9. The van der Waals surface area contributed by atoms with Gasteiger partial charge in [0.1, 0.15) is 0 Å². The van der Waals surface area contributed by atoms with E-state index in [4.69, 9.17) is 17.3 Å². The van der Waals surface area contributed by atoms with Gasteiger partial charge >= 0.3 is 0 Å². The van der Waals surface area contributed by atoms with Crippen LogP contribution in [0.25, 0.3) is 0 Å². The van der Waals surface area contributed by atoms with E-state index in [1.54, 1.807) is 6.07 Å². The van der Waals surface area contributed by atoms with Crippen molar-refractivity contribution in [2.75, 3.05) is 13.1 Å². The molecule has 1 aromatic rings. The van der Waals surface area contributed by atoms with Crippen molar-refractivity contribution in [1.29, 1.82) is 0 Å². The van der Waals surface area contributed by atoms with E-state index in [2.05, 4.69) is 4.72 Å². The van der Waals surface area contributed by atoms with Gasteiger partial charge in [0.2, 0.25) is 0 Å². The van der Waals surface area contributed by atoms with E-state index in [0.29, 0.717) is 17.4 Å². The fourth-order valence-corrected chi connectivity index (χ4v) is 5.24. The molecule has 5 nitrogen and oxygen atoms in total. The van der Waals surface area contributed by atoms with Crippen molar-refractivity contribution < 1.29 is 8.42 Å². The van der Waals surface area contributed by atoms with Crippen LogP contribution in [-0.4, -0.2) is 31.9 Å². The summed E-state index contributed by atoms with van der Waals surface area (Å²) in [6.07, 6.45) is 2.75. The van der Waals surface area contributed by atoms with Gasteiger partial charge in [0.05, 0.1) is 10.4 Å². The number of hydrogen-bond donors (Lipinski definition) is 2. The number of nitrogens with two attached hydrogens (primary N) is 1. The summed E-state index contributed by atoms with van der Waals surface area (Å²) in [5.41, 5.74) is 5.69. The van der Waals surface area contributed by atoms with Crippen LogP contribution in [0.15, 0.2) is 12.1 Å². The van der Waals surface area contributed by atoms with E-state index in [0.717, 1.165) is 24.1 Å². The molecule has 2 rings (SSSR count). The zero-order valence-electron chi connectivity index (χ0n) is 11.4. The fraction of sp³-hybridized carbons (Fsp3) is 0.667. The Labute approximate surface area is 129 Å². The SMILES string of the molecule is CC(NS(=O)(=O)N1CCCCC1CN)c1ccc(Cl)s1.